The van der Waals surface area contributed by atoms with E-state index in [1.165, 1.54) is 6.33 Å². The smallest absolute Gasteiger partial charge is 0.274 e. The number of hydrogen-bond donors (Lipinski definition) is 0. The van der Waals surface area contributed by atoms with Gasteiger partial charge < -0.3 is 9.64 Å². The summed E-state index contributed by atoms with van der Waals surface area (Å²) in [4.78, 5) is 31.3. The zero-order chi connectivity index (χ0) is 17.1. The summed E-state index contributed by atoms with van der Waals surface area (Å²) in [7, 11) is 0. The van der Waals surface area contributed by atoms with E-state index in [1.807, 2.05) is 24.3 Å². The molecule has 2 aromatic heterocycles. The summed E-state index contributed by atoms with van der Waals surface area (Å²) in [5, 5.41) is 0. The third kappa shape index (κ3) is 3.40. The fourth-order valence-corrected chi connectivity index (χ4v) is 2.96. The van der Waals surface area contributed by atoms with Crippen molar-refractivity contribution in [1.29, 1.82) is 0 Å². The summed E-state index contributed by atoms with van der Waals surface area (Å²) in [5.74, 6) is 0.411. The first kappa shape index (κ1) is 15.4. The number of aromatic nitrogens is 4. The van der Waals surface area contributed by atoms with E-state index in [-0.39, 0.29) is 12.0 Å². The number of para-hydroxylation sites is 2. The summed E-state index contributed by atoms with van der Waals surface area (Å²) in [6, 6.07) is 9.24. The molecule has 0 radical (unpaired) electrons. The molecule has 0 N–H and O–H groups in total. The topological polar surface area (TPSA) is 81.1 Å². The Hall–Kier alpha value is -3.09. The second-order valence-electron chi connectivity index (χ2n) is 5.92. The SMILES string of the molecule is O=C(c1cnc2ccccc2n1)N1CCCC(Oc2ccncn2)C1. The number of hydrogen-bond acceptors (Lipinski definition) is 6. The monoisotopic (exact) mass is 335 g/mol. The van der Waals surface area contributed by atoms with E-state index < -0.39 is 0 Å². The van der Waals surface area contributed by atoms with Crippen molar-refractivity contribution in [2.75, 3.05) is 13.1 Å². The Bertz CT molecular complexity index is 887. The minimum atomic E-state index is -0.116. The summed E-state index contributed by atoms with van der Waals surface area (Å²) >= 11 is 0. The molecule has 1 aliphatic rings. The second kappa shape index (κ2) is 6.80. The molecule has 1 atom stereocenters. The summed E-state index contributed by atoms with van der Waals surface area (Å²) in [6.07, 6.45) is 6.31. The average molecular weight is 335 g/mol. The molecule has 126 valence electrons. The van der Waals surface area contributed by atoms with Crippen LogP contribution in [0.15, 0.2) is 49.1 Å². The van der Waals surface area contributed by atoms with Gasteiger partial charge in [0.2, 0.25) is 5.88 Å². The molecule has 1 unspecified atom stereocenters. The number of rotatable bonds is 3. The predicted molar refractivity (Wildman–Crippen MR) is 91.1 cm³/mol. The number of benzene rings is 1. The average Bonchev–Trinajstić information content (AvgIpc) is 2.68. The number of carbonyl (C=O) groups is 1. The molecule has 1 amide bonds. The normalized spacial score (nSPS) is 17.4. The highest BCUT2D eigenvalue weighted by atomic mass is 16.5. The molecule has 1 saturated heterocycles. The van der Waals surface area contributed by atoms with E-state index in [9.17, 15) is 4.79 Å². The van der Waals surface area contributed by atoms with E-state index in [4.69, 9.17) is 4.74 Å². The molecule has 0 saturated carbocycles. The Labute approximate surface area is 144 Å². The van der Waals surface area contributed by atoms with Crippen molar-refractivity contribution in [2.24, 2.45) is 0 Å². The van der Waals surface area contributed by atoms with E-state index >= 15 is 0 Å². The fourth-order valence-electron chi connectivity index (χ4n) is 2.96. The maximum atomic E-state index is 12.8. The van der Waals surface area contributed by atoms with Crippen LogP contribution in [0.3, 0.4) is 0 Å². The predicted octanol–water partition coefficient (Wildman–Crippen LogP) is 2.10. The largest absolute Gasteiger partial charge is 0.472 e. The Morgan fingerprint density at radius 2 is 2.04 bits per heavy atom. The van der Waals surface area contributed by atoms with Crippen LogP contribution in [0.2, 0.25) is 0 Å². The van der Waals surface area contributed by atoms with Crippen LogP contribution in [0.4, 0.5) is 0 Å². The summed E-state index contributed by atoms with van der Waals surface area (Å²) < 4.78 is 5.86. The van der Waals surface area contributed by atoms with Crippen LogP contribution in [-0.2, 0) is 0 Å². The van der Waals surface area contributed by atoms with Crippen LogP contribution in [0.25, 0.3) is 11.0 Å². The molecule has 0 aliphatic carbocycles. The molecule has 4 rings (SSSR count). The van der Waals surface area contributed by atoms with Crippen LogP contribution in [0.5, 0.6) is 5.88 Å². The molecular formula is C18H17N5O2. The van der Waals surface area contributed by atoms with Crippen LogP contribution in [0, 0.1) is 0 Å². The van der Waals surface area contributed by atoms with Gasteiger partial charge in [0.25, 0.3) is 5.91 Å². The highest BCUT2D eigenvalue weighted by molar-refractivity contribution is 5.93. The first-order chi connectivity index (χ1) is 12.3. The van der Waals surface area contributed by atoms with Crippen molar-refractivity contribution in [2.45, 2.75) is 18.9 Å². The van der Waals surface area contributed by atoms with Crippen LogP contribution in [-0.4, -0.2) is 49.9 Å². The van der Waals surface area contributed by atoms with Gasteiger partial charge in [-0.1, -0.05) is 12.1 Å². The molecule has 1 fully saturated rings. The molecule has 3 aromatic rings. The van der Waals surface area contributed by atoms with Crippen molar-refractivity contribution >= 4 is 16.9 Å². The summed E-state index contributed by atoms with van der Waals surface area (Å²) in [6.45, 7) is 1.20. The molecule has 7 heteroatoms. The van der Waals surface area contributed by atoms with Gasteiger partial charge in [0.05, 0.1) is 23.8 Å². The van der Waals surface area contributed by atoms with Gasteiger partial charge in [-0.15, -0.1) is 0 Å². The number of amides is 1. The number of nitrogens with zero attached hydrogens (tertiary/aromatic N) is 5. The minimum absolute atomic E-state index is 0.0824. The Morgan fingerprint density at radius 1 is 1.16 bits per heavy atom. The fraction of sp³-hybridized carbons (Fsp3) is 0.278. The molecular weight excluding hydrogens is 318 g/mol. The van der Waals surface area contributed by atoms with Crippen molar-refractivity contribution in [3.63, 3.8) is 0 Å². The lowest BCUT2D eigenvalue weighted by Crippen LogP contribution is -2.44. The van der Waals surface area contributed by atoms with Gasteiger partial charge in [-0.3, -0.25) is 9.78 Å². The van der Waals surface area contributed by atoms with Crippen molar-refractivity contribution in [3.8, 4) is 5.88 Å². The Balaban J connectivity index is 1.49. The van der Waals surface area contributed by atoms with Gasteiger partial charge in [-0.05, 0) is 25.0 Å². The lowest BCUT2D eigenvalue weighted by atomic mass is 10.1. The van der Waals surface area contributed by atoms with Gasteiger partial charge in [0.1, 0.15) is 18.1 Å². The van der Waals surface area contributed by atoms with Crippen molar-refractivity contribution in [3.05, 3.63) is 54.7 Å². The Kier molecular flexibility index (Phi) is 4.20. The number of fused-ring (bicyclic) bond motifs is 1. The van der Waals surface area contributed by atoms with E-state index in [1.54, 1.807) is 23.4 Å². The molecule has 0 bridgehead atoms. The summed E-state index contributed by atoms with van der Waals surface area (Å²) in [5.41, 5.74) is 1.86. The zero-order valence-electron chi connectivity index (χ0n) is 13.6. The van der Waals surface area contributed by atoms with Gasteiger partial charge in [0.15, 0.2) is 0 Å². The van der Waals surface area contributed by atoms with E-state index in [0.717, 1.165) is 23.9 Å². The third-order valence-corrected chi connectivity index (χ3v) is 4.18. The van der Waals surface area contributed by atoms with Gasteiger partial charge in [0, 0.05) is 18.8 Å². The highest BCUT2D eigenvalue weighted by Gasteiger charge is 2.27. The van der Waals surface area contributed by atoms with Gasteiger partial charge >= 0.3 is 0 Å². The Morgan fingerprint density at radius 3 is 2.88 bits per heavy atom. The van der Waals surface area contributed by atoms with E-state index in [0.29, 0.717) is 24.7 Å². The minimum Gasteiger partial charge on any atom is -0.472 e. The third-order valence-electron chi connectivity index (χ3n) is 4.18. The van der Waals surface area contributed by atoms with Crippen molar-refractivity contribution < 1.29 is 9.53 Å². The lowest BCUT2D eigenvalue weighted by molar-refractivity contribution is 0.0522. The van der Waals surface area contributed by atoms with Crippen LogP contribution in [0.1, 0.15) is 23.3 Å². The number of likely N-dealkylation sites (tertiary alicyclic amines) is 1. The molecule has 25 heavy (non-hydrogen) atoms. The molecule has 1 aliphatic heterocycles. The molecule has 0 spiro atoms. The number of ether oxygens (including phenoxy) is 1. The molecule has 1 aromatic carbocycles. The van der Waals surface area contributed by atoms with Crippen LogP contribution >= 0.6 is 0 Å². The quantitative estimate of drug-likeness (QED) is 0.729. The highest BCUT2D eigenvalue weighted by Crippen LogP contribution is 2.18. The maximum absolute atomic E-state index is 12.8. The van der Waals surface area contributed by atoms with Gasteiger partial charge in [-0.2, -0.15) is 0 Å². The number of carbonyl (C=O) groups excluding carboxylic acids is 1. The molecule has 7 nitrogen and oxygen atoms in total. The zero-order valence-corrected chi connectivity index (χ0v) is 13.6. The van der Waals surface area contributed by atoms with Crippen LogP contribution < -0.4 is 4.74 Å². The lowest BCUT2D eigenvalue weighted by Gasteiger charge is -2.32. The second-order valence-corrected chi connectivity index (χ2v) is 5.92. The van der Waals surface area contributed by atoms with Crippen molar-refractivity contribution in [1.82, 2.24) is 24.8 Å². The first-order valence-corrected chi connectivity index (χ1v) is 8.23. The maximum Gasteiger partial charge on any atom is 0.274 e. The standard InChI is InChI=1S/C18H17N5O2/c24-18(16-10-20-14-5-1-2-6-15(14)22-16)23-9-3-4-13(11-23)25-17-7-8-19-12-21-17/h1-2,5-8,10,12-13H,3-4,9,11H2. The van der Waals surface area contributed by atoms with E-state index in [2.05, 4.69) is 19.9 Å². The first-order valence-electron chi connectivity index (χ1n) is 8.23. The van der Waals surface area contributed by atoms with Gasteiger partial charge in [-0.25, -0.2) is 15.0 Å². The molecule has 3 heterocycles. The number of piperidine rings is 1.